The summed E-state index contributed by atoms with van der Waals surface area (Å²) in [5.74, 6) is 3.77. The van der Waals surface area contributed by atoms with E-state index in [1.54, 1.807) is 0 Å². The van der Waals surface area contributed by atoms with Gasteiger partial charge in [0.25, 0.3) is 0 Å². The Morgan fingerprint density at radius 1 is 0.962 bits per heavy atom. The van der Waals surface area contributed by atoms with Crippen LogP contribution >= 0.6 is 0 Å². The van der Waals surface area contributed by atoms with Crippen LogP contribution in [0.5, 0.6) is 0 Å². The molecule has 2 saturated carbocycles. The van der Waals surface area contributed by atoms with Crippen molar-refractivity contribution < 1.29 is 0 Å². The highest BCUT2D eigenvalue weighted by molar-refractivity contribution is 5.26. The van der Waals surface area contributed by atoms with Gasteiger partial charge in [0.2, 0.25) is 0 Å². The van der Waals surface area contributed by atoms with Gasteiger partial charge in [0, 0.05) is 0 Å². The van der Waals surface area contributed by atoms with Gasteiger partial charge in [-0.2, -0.15) is 5.26 Å². The van der Waals surface area contributed by atoms with Crippen LogP contribution < -0.4 is 0 Å². The first-order valence-corrected chi connectivity index (χ1v) is 11.8. The van der Waals surface area contributed by atoms with Crippen molar-refractivity contribution in [1.29, 1.82) is 5.26 Å². The van der Waals surface area contributed by atoms with E-state index in [2.05, 4.69) is 26.0 Å². The summed E-state index contributed by atoms with van der Waals surface area (Å²) in [4.78, 5) is 0. The summed E-state index contributed by atoms with van der Waals surface area (Å²) in [5, 5.41) is 10.1. The van der Waals surface area contributed by atoms with Gasteiger partial charge in [-0.15, -0.1) is 0 Å². The van der Waals surface area contributed by atoms with Crippen molar-refractivity contribution in [2.24, 2.45) is 29.1 Å². The Labute approximate surface area is 162 Å². The van der Waals surface area contributed by atoms with E-state index in [-0.39, 0.29) is 5.41 Å². The zero-order chi connectivity index (χ0) is 18.4. The molecule has 3 aliphatic rings. The molecule has 0 bridgehead atoms. The third-order valence-corrected chi connectivity index (χ3v) is 8.33. The van der Waals surface area contributed by atoms with Gasteiger partial charge in [-0.1, -0.05) is 64.0 Å². The van der Waals surface area contributed by atoms with Crippen molar-refractivity contribution in [2.75, 3.05) is 0 Å². The summed E-state index contributed by atoms with van der Waals surface area (Å²) in [5.41, 5.74) is 1.44. The van der Waals surface area contributed by atoms with Gasteiger partial charge >= 0.3 is 0 Å². The standard InChI is InChI=1S/C25H41N/c1-3-5-6-21-9-13-24(14-10-21)25(19-26)17-15-23(16-18-25)22-11-7-20(4-2)8-12-22/h13,20-23H,3-12,14-18H2,1-2H3/t20?,21-,22?,23-,25-/m0/s1. The second-order valence-corrected chi connectivity index (χ2v) is 9.73. The predicted molar refractivity (Wildman–Crippen MR) is 111 cm³/mol. The van der Waals surface area contributed by atoms with Crippen LogP contribution in [0.3, 0.4) is 0 Å². The molecule has 2 fully saturated rings. The van der Waals surface area contributed by atoms with Crippen LogP contribution in [0.25, 0.3) is 0 Å². The molecule has 1 heteroatoms. The fourth-order valence-electron chi connectivity index (χ4n) is 6.26. The minimum atomic E-state index is -0.0904. The van der Waals surface area contributed by atoms with Crippen LogP contribution in [-0.4, -0.2) is 0 Å². The lowest BCUT2D eigenvalue weighted by Gasteiger charge is -2.42. The molecule has 3 aliphatic carbocycles. The number of rotatable bonds is 6. The molecule has 0 saturated heterocycles. The minimum absolute atomic E-state index is 0.0904. The summed E-state index contributed by atoms with van der Waals surface area (Å²) < 4.78 is 0. The summed E-state index contributed by atoms with van der Waals surface area (Å²) in [7, 11) is 0. The molecule has 0 heterocycles. The van der Waals surface area contributed by atoms with Gasteiger partial charge < -0.3 is 0 Å². The zero-order valence-electron chi connectivity index (χ0n) is 17.4. The summed E-state index contributed by atoms with van der Waals surface area (Å²) in [6, 6.07) is 2.82. The number of allylic oxidation sites excluding steroid dienone is 2. The molecule has 26 heavy (non-hydrogen) atoms. The highest BCUT2D eigenvalue weighted by Gasteiger charge is 2.41. The molecular weight excluding hydrogens is 314 g/mol. The van der Waals surface area contributed by atoms with Crippen molar-refractivity contribution in [3.8, 4) is 6.07 Å². The molecule has 0 unspecified atom stereocenters. The first-order valence-electron chi connectivity index (χ1n) is 11.8. The highest BCUT2D eigenvalue weighted by Crippen LogP contribution is 2.51. The second kappa shape index (κ2) is 9.43. The molecule has 0 amide bonds. The Hall–Kier alpha value is -0.770. The molecule has 0 spiro atoms. The van der Waals surface area contributed by atoms with Gasteiger partial charge in [0.1, 0.15) is 0 Å². The molecule has 1 nitrogen and oxygen atoms in total. The average Bonchev–Trinajstić information content (AvgIpc) is 2.73. The SMILES string of the molecule is CCCC[C@H]1CC=C([C@]2(C#N)CC[C@@H](C3CCC(CC)CC3)CC2)CC1. The zero-order valence-corrected chi connectivity index (χ0v) is 17.4. The van der Waals surface area contributed by atoms with Crippen LogP contribution in [0.4, 0.5) is 0 Å². The molecule has 1 atom stereocenters. The monoisotopic (exact) mass is 355 g/mol. The summed E-state index contributed by atoms with van der Waals surface area (Å²) in [6.45, 7) is 4.65. The number of hydrogen-bond donors (Lipinski definition) is 0. The molecule has 0 N–H and O–H groups in total. The van der Waals surface area contributed by atoms with Crippen molar-refractivity contribution in [3.05, 3.63) is 11.6 Å². The number of hydrogen-bond acceptors (Lipinski definition) is 1. The Kier molecular flexibility index (Phi) is 7.25. The Bertz CT molecular complexity index is 495. The van der Waals surface area contributed by atoms with Gasteiger partial charge in [0.05, 0.1) is 11.5 Å². The van der Waals surface area contributed by atoms with Gasteiger partial charge in [-0.3, -0.25) is 0 Å². The maximum absolute atomic E-state index is 10.1. The first kappa shape index (κ1) is 20.0. The topological polar surface area (TPSA) is 23.8 Å². The van der Waals surface area contributed by atoms with E-state index >= 15 is 0 Å². The summed E-state index contributed by atoms with van der Waals surface area (Å²) >= 11 is 0. The molecule has 0 aromatic heterocycles. The van der Waals surface area contributed by atoms with Crippen LogP contribution in [0.2, 0.25) is 0 Å². The van der Waals surface area contributed by atoms with Crippen molar-refractivity contribution >= 4 is 0 Å². The Morgan fingerprint density at radius 3 is 2.19 bits per heavy atom. The predicted octanol–water partition coefficient (Wildman–Crippen LogP) is 7.82. The number of unbranched alkanes of at least 4 members (excludes halogenated alkanes) is 1. The average molecular weight is 356 g/mol. The fraction of sp³-hybridized carbons (Fsp3) is 0.880. The quantitative estimate of drug-likeness (QED) is 0.445. The third-order valence-electron chi connectivity index (χ3n) is 8.33. The third kappa shape index (κ3) is 4.55. The highest BCUT2D eigenvalue weighted by atomic mass is 14.5. The molecule has 0 aromatic rings. The van der Waals surface area contributed by atoms with Crippen LogP contribution in [0.15, 0.2) is 11.6 Å². The van der Waals surface area contributed by atoms with Crippen molar-refractivity contribution in [2.45, 2.75) is 110 Å². The lowest BCUT2D eigenvalue weighted by molar-refractivity contribution is 0.132. The maximum atomic E-state index is 10.1. The fourth-order valence-corrected chi connectivity index (χ4v) is 6.26. The van der Waals surface area contributed by atoms with E-state index < -0.39 is 0 Å². The summed E-state index contributed by atoms with van der Waals surface area (Å²) in [6.07, 6.45) is 22.5. The Morgan fingerprint density at radius 2 is 1.65 bits per heavy atom. The van der Waals surface area contributed by atoms with E-state index in [0.717, 1.165) is 36.5 Å². The molecule has 146 valence electrons. The molecule has 0 aromatic carbocycles. The number of nitriles is 1. The van der Waals surface area contributed by atoms with Crippen LogP contribution in [0.1, 0.15) is 110 Å². The van der Waals surface area contributed by atoms with Crippen molar-refractivity contribution in [1.82, 2.24) is 0 Å². The molecule has 0 radical (unpaired) electrons. The van der Waals surface area contributed by atoms with Crippen LogP contribution in [0, 0.1) is 40.4 Å². The molecule has 3 rings (SSSR count). The smallest absolute Gasteiger partial charge is 0.0782 e. The van der Waals surface area contributed by atoms with Gasteiger partial charge in [-0.25, -0.2) is 0 Å². The number of nitrogens with zero attached hydrogens (tertiary/aromatic N) is 1. The normalized spacial score (nSPS) is 38.4. The van der Waals surface area contributed by atoms with Gasteiger partial charge in [-0.05, 0) is 81.5 Å². The van der Waals surface area contributed by atoms with E-state index in [1.807, 2.05) is 0 Å². The Balaban J connectivity index is 1.53. The molecular formula is C25H41N. The van der Waals surface area contributed by atoms with Crippen molar-refractivity contribution in [3.63, 3.8) is 0 Å². The largest absolute Gasteiger partial charge is 0.197 e. The lowest BCUT2D eigenvalue weighted by atomic mass is 9.61. The minimum Gasteiger partial charge on any atom is -0.197 e. The lowest BCUT2D eigenvalue weighted by Crippen LogP contribution is -2.33. The van der Waals surface area contributed by atoms with E-state index in [1.165, 1.54) is 89.0 Å². The maximum Gasteiger partial charge on any atom is 0.0782 e. The van der Waals surface area contributed by atoms with Crippen LogP contribution in [-0.2, 0) is 0 Å². The van der Waals surface area contributed by atoms with E-state index in [4.69, 9.17) is 0 Å². The van der Waals surface area contributed by atoms with E-state index in [0.29, 0.717) is 0 Å². The molecule has 0 aliphatic heterocycles. The van der Waals surface area contributed by atoms with E-state index in [9.17, 15) is 5.26 Å². The first-order chi connectivity index (χ1) is 12.7. The second-order valence-electron chi connectivity index (χ2n) is 9.73. The van der Waals surface area contributed by atoms with Gasteiger partial charge in [0.15, 0.2) is 0 Å².